The van der Waals surface area contributed by atoms with Crippen molar-refractivity contribution in [2.24, 2.45) is 0 Å². The van der Waals surface area contributed by atoms with Gasteiger partial charge in [0.1, 0.15) is 0 Å². The molecule has 1 aliphatic carbocycles. The van der Waals surface area contributed by atoms with Crippen molar-refractivity contribution in [3.05, 3.63) is 74.0 Å². The predicted octanol–water partition coefficient (Wildman–Crippen LogP) is 3.34. The fourth-order valence-electron chi connectivity index (χ4n) is 0.788. The molecule has 1 aromatic rings. The van der Waals surface area contributed by atoms with Gasteiger partial charge in [0.25, 0.3) is 0 Å². The van der Waals surface area contributed by atoms with Crippen molar-refractivity contribution in [3.8, 4) is 0 Å². The summed E-state index contributed by atoms with van der Waals surface area (Å²) in [5.41, 5.74) is 0. The molecule has 0 saturated heterocycles. The van der Waals surface area contributed by atoms with E-state index in [1.54, 1.807) is 12.1 Å². The van der Waals surface area contributed by atoms with Crippen LogP contribution in [0.3, 0.4) is 0 Å². The average Bonchev–Trinajstić information content (AvgIpc) is 2.93. The molecule has 2 radical (unpaired) electrons. The SMILES string of the molecule is [C-]#[O+].[C-]#[O+].[CH]1[CH][CH-]C=C1.[Fe+2].[S-]c1cccc(Cl)c1. The second-order valence-electron chi connectivity index (χ2n) is 2.42. The first-order valence-corrected chi connectivity index (χ1v) is 5.08. The second-order valence-corrected chi connectivity index (χ2v) is 3.33. The molecule has 0 saturated carbocycles. The fraction of sp³-hybridized carbons (Fsp3) is 0. The Bertz CT molecular complexity index is 335. The molecule has 1 aromatic carbocycles. The smallest absolute Gasteiger partial charge is 0.780 e. The van der Waals surface area contributed by atoms with Crippen molar-refractivity contribution in [1.29, 1.82) is 0 Å². The van der Waals surface area contributed by atoms with Gasteiger partial charge in [0.05, 0.1) is 0 Å². The van der Waals surface area contributed by atoms with Crippen LogP contribution in [0.25, 0.3) is 0 Å². The number of benzene rings is 1. The summed E-state index contributed by atoms with van der Waals surface area (Å²) in [5, 5.41) is 0.706. The molecule has 1 aliphatic rings. The Kier molecular flexibility index (Phi) is 23.4. The second kappa shape index (κ2) is 18.7. The zero-order chi connectivity index (χ0) is 13.5. The third-order valence-corrected chi connectivity index (χ3v) is 1.84. The van der Waals surface area contributed by atoms with Gasteiger partial charge in [0.15, 0.2) is 0 Å². The van der Waals surface area contributed by atoms with Crippen molar-refractivity contribution in [2.45, 2.75) is 4.90 Å². The minimum Gasteiger partial charge on any atom is -0.780 e. The van der Waals surface area contributed by atoms with Crippen LogP contribution < -0.4 is 0 Å². The van der Waals surface area contributed by atoms with Gasteiger partial charge < -0.3 is 12.6 Å². The first-order chi connectivity index (χ1) is 8.29. The van der Waals surface area contributed by atoms with Gasteiger partial charge in [0, 0.05) is 5.02 Å². The minimum atomic E-state index is 0. The topological polar surface area (TPSA) is 39.8 Å². The monoisotopic (exact) mass is 320 g/mol. The van der Waals surface area contributed by atoms with Gasteiger partial charge in [-0.25, -0.2) is 18.6 Å². The van der Waals surface area contributed by atoms with Gasteiger partial charge >= 0.3 is 39.7 Å². The number of allylic oxidation sites excluding steroid dienone is 2. The van der Waals surface area contributed by atoms with Crippen LogP contribution in [-0.4, -0.2) is 0 Å². The molecule has 0 aromatic heterocycles. The van der Waals surface area contributed by atoms with Crippen LogP contribution in [0.2, 0.25) is 5.02 Å². The third kappa shape index (κ3) is 15.3. The summed E-state index contributed by atoms with van der Waals surface area (Å²) < 4.78 is 15.0. The molecule has 2 nitrogen and oxygen atoms in total. The molecular weight excluding hydrogens is 312 g/mol. The molecule has 18 heavy (non-hydrogen) atoms. The van der Waals surface area contributed by atoms with Crippen molar-refractivity contribution >= 4 is 24.2 Å². The Hall–Kier alpha value is -0.661. The Balaban J connectivity index is -0.000000196. The normalized spacial score (nSPS) is 9.61. The summed E-state index contributed by atoms with van der Waals surface area (Å²) >= 11 is 10.4. The standard InChI is InChI=1S/C6H5ClS.C5H5.2CO.Fe/c7-5-2-1-3-6(8)4-5;1-2-4-5-3-1;2*1-2;/h1-4,8H;1-5H;;;/q;-1;;;+2/p-1. The van der Waals surface area contributed by atoms with Crippen LogP contribution >= 0.6 is 11.6 Å². The van der Waals surface area contributed by atoms with E-state index in [1.165, 1.54) is 0 Å². The van der Waals surface area contributed by atoms with Crippen molar-refractivity contribution < 1.29 is 26.4 Å². The molecule has 0 atom stereocenters. The summed E-state index contributed by atoms with van der Waals surface area (Å²) in [7, 11) is 0. The Morgan fingerprint density at radius 3 is 2.00 bits per heavy atom. The Labute approximate surface area is 129 Å². The van der Waals surface area contributed by atoms with Gasteiger partial charge in [-0.15, -0.1) is 12.8 Å². The van der Waals surface area contributed by atoms with Crippen LogP contribution in [0.15, 0.2) is 41.3 Å². The van der Waals surface area contributed by atoms with Crippen molar-refractivity contribution in [1.82, 2.24) is 0 Å². The molecule has 0 heterocycles. The molecule has 0 fully saturated rings. The van der Waals surface area contributed by atoms with E-state index in [-0.39, 0.29) is 17.1 Å². The predicted molar refractivity (Wildman–Crippen MR) is 67.0 cm³/mol. The van der Waals surface area contributed by atoms with E-state index in [1.807, 2.05) is 43.5 Å². The molecule has 94 valence electrons. The van der Waals surface area contributed by atoms with Gasteiger partial charge in [-0.1, -0.05) is 29.8 Å². The van der Waals surface area contributed by atoms with Gasteiger partial charge in [-0.05, 0) is 6.07 Å². The Morgan fingerprint density at radius 2 is 1.78 bits per heavy atom. The largest absolute Gasteiger partial charge is 2.00 e. The van der Waals surface area contributed by atoms with Gasteiger partial charge in [0.2, 0.25) is 0 Å². The first-order valence-electron chi connectivity index (χ1n) is 4.29. The zero-order valence-corrected chi connectivity index (χ0v) is 11.8. The third-order valence-electron chi connectivity index (χ3n) is 1.35. The van der Waals surface area contributed by atoms with E-state index in [0.29, 0.717) is 5.02 Å². The van der Waals surface area contributed by atoms with E-state index in [4.69, 9.17) is 33.5 Å². The van der Waals surface area contributed by atoms with Gasteiger partial charge in [-0.2, -0.15) is 4.90 Å². The maximum Gasteiger partial charge on any atom is 2.00 e. The van der Waals surface area contributed by atoms with E-state index in [0.717, 1.165) is 4.90 Å². The molecule has 0 unspecified atom stereocenters. The molecule has 0 bridgehead atoms. The van der Waals surface area contributed by atoms with Gasteiger partial charge in [-0.3, -0.25) is 0 Å². The molecule has 2 rings (SSSR count). The molecule has 0 amide bonds. The summed E-state index contributed by atoms with van der Waals surface area (Å²) in [6, 6.07) is 7.22. The number of hydrogen-bond acceptors (Lipinski definition) is 1. The minimum absolute atomic E-state index is 0. The average molecular weight is 321 g/mol. The molecule has 0 spiro atoms. The number of halogens is 1. The number of hydrogen-bond donors (Lipinski definition) is 0. The van der Waals surface area contributed by atoms with Crippen molar-refractivity contribution in [3.63, 3.8) is 0 Å². The van der Waals surface area contributed by atoms with Crippen LogP contribution in [0.4, 0.5) is 0 Å². The zero-order valence-electron chi connectivity index (χ0n) is 9.15. The van der Waals surface area contributed by atoms with Crippen LogP contribution in [0.5, 0.6) is 0 Å². The summed E-state index contributed by atoms with van der Waals surface area (Å²) in [6.45, 7) is 9.00. The first kappa shape index (κ1) is 22.5. The molecule has 0 N–H and O–H groups in total. The fourth-order valence-corrected chi connectivity index (χ4v) is 1.25. The van der Waals surface area contributed by atoms with Crippen LogP contribution in [0, 0.1) is 32.6 Å². The Morgan fingerprint density at radius 1 is 1.17 bits per heavy atom. The molecule has 5 heteroatoms. The summed E-state index contributed by atoms with van der Waals surface area (Å²) in [5.74, 6) is 0. The summed E-state index contributed by atoms with van der Waals surface area (Å²) in [6.07, 6.45) is 10.0. The maximum absolute atomic E-state index is 7.50. The quantitative estimate of drug-likeness (QED) is 0.313. The molecular formula is C13H9ClFeO2S. The van der Waals surface area contributed by atoms with E-state index in [9.17, 15) is 0 Å². The van der Waals surface area contributed by atoms with Crippen LogP contribution in [0.1, 0.15) is 0 Å². The molecule has 0 aliphatic heterocycles. The van der Waals surface area contributed by atoms with E-state index in [2.05, 4.69) is 13.3 Å². The van der Waals surface area contributed by atoms with Crippen molar-refractivity contribution in [2.75, 3.05) is 0 Å². The number of rotatable bonds is 0. The van der Waals surface area contributed by atoms with Crippen LogP contribution in [-0.2, 0) is 39.0 Å². The summed E-state index contributed by atoms with van der Waals surface area (Å²) in [4.78, 5) is 0.789. The van der Waals surface area contributed by atoms with E-state index >= 15 is 0 Å². The van der Waals surface area contributed by atoms with E-state index < -0.39 is 0 Å². The maximum atomic E-state index is 7.50.